The summed E-state index contributed by atoms with van der Waals surface area (Å²) in [6, 6.07) is -5.35. The van der Waals surface area contributed by atoms with Crippen molar-refractivity contribution in [1.82, 2.24) is 16.0 Å². The van der Waals surface area contributed by atoms with Gasteiger partial charge in [-0.15, -0.1) is 0 Å². The predicted molar refractivity (Wildman–Crippen MR) is 125 cm³/mol. The first-order valence-electron chi connectivity index (χ1n) is 11.3. The molecule has 0 aliphatic rings. The van der Waals surface area contributed by atoms with Crippen LogP contribution in [0, 0.1) is 0 Å². The Labute approximate surface area is 203 Å². The Morgan fingerprint density at radius 1 is 0.629 bits per heavy atom. The molecule has 0 rings (SSSR count). The number of hydrogen-bond donors (Lipinski definition) is 9. The number of amides is 5. The fourth-order valence-corrected chi connectivity index (χ4v) is 3.03. The second kappa shape index (κ2) is 17.2. The summed E-state index contributed by atoms with van der Waals surface area (Å²) >= 11 is 0. The number of unbranched alkanes of at least 4 members (excludes halogenated alkanes) is 2. The fourth-order valence-electron chi connectivity index (χ4n) is 3.03. The lowest BCUT2D eigenvalue weighted by Crippen LogP contribution is -2.58. The SMILES string of the molecule is NCCCCC(N)C(=O)NC(CC(N)=O)C(=O)NC(CC(N)=O)C(=O)NC(CCCCN)C(=O)O. The van der Waals surface area contributed by atoms with Gasteiger partial charge in [-0.3, -0.25) is 24.0 Å². The molecule has 200 valence electrons. The lowest BCUT2D eigenvalue weighted by Gasteiger charge is -2.24. The molecule has 0 spiro atoms. The fraction of sp³-hybridized carbons (Fsp3) is 0.700. The number of nitrogens with two attached hydrogens (primary N) is 5. The van der Waals surface area contributed by atoms with Crippen LogP contribution in [-0.4, -0.2) is 77.9 Å². The second-order valence-electron chi connectivity index (χ2n) is 8.04. The van der Waals surface area contributed by atoms with Crippen LogP contribution in [0.4, 0.5) is 0 Å². The van der Waals surface area contributed by atoms with Crippen LogP contribution in [-0.2, 0) is 28.8 Å². The van der Waals surface area contributed by atoms with E-state index < -0.39 is 72.5 Å². The van der Waals surface area contributed by atoms with E-state index >= 15 is 0 Å². The van der Waals surface area contributed by atoms with Crippen molar-refractivity contribution in [2.45, 2.75) is 75.5 Å². The maximum absolute atomic E-state index is 12.8. The van der Waals surface area contributed by atoms with Crippen LogP contribution in [0.25, 0.3) is 0 Å². The molecule has 0 aromatic heterocycles. The molecule has 0 aliphatic heterocycles. The number of carbonyl (C=O) groups is 6. The molecular weight excluding hydrogens is 464 g/mol. The van der Waals surface area contributed by atoms with Gasteiger partial charge >= 0.3 is 5.97 Å². The summed E-state index contributed by atoms with van der Waals surface area (Å²) in [7, 11) is 0. The zero-order valence-corrected chi connectivity index (χ0v) is 19.7. The molecule has 4 unspecified atom stereocenters. The average molecular weight is 503 g/mol. The third kappa shape index (κ3) is 13.9. The third-order valence-corrected chi connectivity index (χ3v) is 4.94. The molecule has 0 aromatic carbocycles. The number of carbonyl (C=O) groups excluding carboxylic acids is 5. The highest BCUT2D eigenvalue weighted by atomic mass is 16.4. The first-order chi connectivity index (χ1) is 16.4. The maximum Gasteiger partial charge on any atom is 0.326 e. The summed E-state index contributed by atoms with van der Waals surface area (Å²) in [6.45, 7) is 0.754. The van der Waals surface area contributed by atoms with Crippen molar-refractivity contribution in [1.29, 1.82) is 0 Å². The van der Waals surface area contributed by atoms with Crippen LogP contribution in [0.5, 0.6) is 0 Å². The van der Waals surface area contributed by atoms with E-state index in [4.69, 9.17) is 28.7 Å². The topological polar surface area (TPSA) is 289 Å². The molecule has 14 N–H and O–H groups in total. The molecule has 35 heavy (non-hydrogen) atoms. The van der Waals surface area contributed by atoms with Gasteiger partial charge in [0.2, 0.25) is 29.5 Å². The van der Waals surface area contributed by atoms with Crippen molar-refractivity contribution in [2.24, 2.45) is 28.7 Å². The summed E-state index contributed by atoms with van der Waals surface area (Å²) in [4.78, 5) is 72.1. The first-order valence-corrected chi connectivity index (χ1v) is 11.3. The van der Waals surface area contributed by atoms with Gasteiger partial charge in [-0.2, -0.15) is 0 Å². The Kier molecular flexibility index (Phi) is 15.6. The standard InChI is InChI=1S/C20H38N8O7/c21-7-3-1-5-11(23)17(31)27-13(9-15(24)29)19(33)28-14(10-16(25)30)18(32)26-12(20(34)35)6-2-4-8-22/h11-14H,1-10,21-23H2,(H2,24,29)(H2,25,30)(H,26,32)(H,27,31)(H,28,33)(H,34,35). The summed E-state index contributed by atoms with van der Waals surface area (Å²) in [5.41, 5.74) is 26.9. The highest BCUT2D eigenvalue weighted by Crippen LogP contribution is 2.04. The molecule has 4 atom stereocenters. The number of aliphatic carboxylic acids is 1. The van der Waals surface area contributed by atoms with E-state index in [1.54, 1.807) is 0 Å². The molecule has 0 aromatic rings. The number of carboxylic acid groups (broad SMARTS) is 1. The number of nitrogens with one attached hydrogen (secondary N) is 3. The van der Waals surface area contributed by atoms with E-state index in [1.165, 1.54) is 0 Å². The Hall–Kier alpha value is -3.30. The molecule has 0 aliphatic carbocycles. The van der Waals surface area contributed by atoms with Crippen molar-refractivity contribution in [3.63, 3.8) is 0 Å². The quantitative estimate of drug-likeness (QED) is 0.0768. The monoisotopic (exact) mass is 502 g/mol. The van der Waals surface area contributed by atoms with E-state index in [-0.39, 0.29) is 12.8 Å². The largest absolute Gasteiger partial charge is 0.480 e. The van der Waals surface area contributed by atoms with Gasteiger partial charge in [0.05, 0.1) is 18.9 Å². The van der Waals surface area contributed by atoms with Gasteiger partial charge in [-0.05, 0) is 45.2 Å². The van der Waals surface area contributed by atoms with E-state index in [2.05, 4.69) is 16.0 Å². The van der Waals surface area contributed by atoms with Gasteiger partial charge in [0, 0.05) is 0 Å². The van der Waals surface area contributed by atoms with Gasteiger partial charge in [-0.1, -0.05) is 6.42 Å². The zero-order chi connectivity index (χ0) is 27.0. The van der Waals surface area contributed by atoms with Crippen molar-refractivity contribution < 1.29 is 33.9 Å². The van der Waals surface area contributed by atoms with Crippen molar-refractivity contribution in [3.8, 4) is 0 Å². The molecule has 0 saturated heterocycles. The van der Waals surface area contributed by atoms with E-state index in [1.807, 2.05) is 0 Å². The van der Waals surface area contributed by atoms with Crippen LogP contribution in [0.3, 0.4) is 0 Å². The van der Waals surface area contributed by atoms with Crippen LogP contribution in [0.1, 0.15) is 51.4 Å². The Balaban J connectivity index is 5.42. The molecule has 0 saturated carbocycles. The molecule has 0 fully saturated rings. The van der Waals surface area contributed by atoms with E-state index in [0.717, 1.165) is 0 Å². The average Bonchev–Trinajstić information content (AvgIpc) is 2.76. The molecule has 0 radical (unpaired) electrons. The van der Waals surface area contributed by atoms with Gasteiger partial charge in [0.1, 0.15) is 18.1 Å². The Morgan fingerprint density at radius 2 is 1.03 bits per heavy atom. The lowest BCUT2D eigenvalue weighted by atomic mass is 10.1. The smallest absolute Gasteiger partial charge is 0.326 e. The van der Waals surface area contributed by atoms with Crippen molar-refractivity contribution >= 4 is 35.5 Å². The van der Waals surface area contributed by atoms with Crippen molar-refractivity contribution in [3.05, 3.63) is 0 Å². The van der Waals surface area contributed by atoms with Crippen LogP contribution in [0.2, 0.25) is 0 Å². The van der Waals surface area contributed by atoms with Crippen LogP contribution >= 0.6 is 0 Å². The molecule has 15 nitrogen and oxygen atoms in total. The van der Waals surface area contributed by atoms with Crippen molar-refractivity contribution in [2.75, 3.05) is 13.1 Å². The zero-order valence-electron chi connectivity index (χ0n) is 19.7. The Bertz CT molecular complexity index is 749. The first kappa shape index (κ1) is 31.7. The summed E-state index contributed by atoms with van der Waals surface area (Å²) in [5, 5.41) is 16.1. The predicted octanol–water partition coefficient (Wildman–Crippen LogP) is -4.14. The van der Waals surface area contributed by atoms with Crippen LogP contribution < -0.4 is 44.6 Å². The number of primary amides is 2. The summed E-state index contributed by atoms with van der Waals surface area (Å²) in [6.07, 6.45) is 1.22. The minimum Gasteiger partial charge on any atom is -0.480 e. The number of hydrogen-bond acceptors (Lipinski definition) is 9. The molecule has 15 heteroatoms. The van der Waals surface area contributed by atoms with Gasteiger partial charge in [0.15, 0.2) is 0 Å². The molecule has 0 bridgehead atoms. The highest BCUT2D eigenvalue weighted by molar-refractivity contribution is 5.97. The maximum atomic E-state index is 12.8. The molecular formula is C20H38N8O7. The molecule has 5 amide bonds. The van der Waals surface area contributed by atoms with Gasteiger partial charge < -0.3 is 49.7 Å². The third-order valence-electron chi connectivity index (χ3n) is 4.94. The summed E-state index contributed by atoms with van der Waals surface area (Å²) < 4.78 is 0. The number of rotatable bonds is 19. The van der Waals surface area contributed by atoms with E-state index in [9.17, 15) is 33.9 Å². The lowest BCUT2D eigenvalue weighted by molar-refractivity contribution is -0.142. The Morgan fingerprint density at radius 3 is 1.43 bits per heavy atom. The minimum absolute atomic E-state index is 0.0674. The van der Waals surface area contributed by atoms with Gasteiger partial charge in [-0.25, -0.2) is 4.79 Å². The van der Waals surface area contributed by atoms with E-state index in [0.29, 0.717) is 38.8 Å². The second-order valence-corrected chi connectivity index (χ2v) is 8.04. The van der Waals surface area contributed by atoms with Crippen LogP contribution in [0.15, 0.2) is 0 Å². The minimum atomic E-state index is -1.57. The highest BCUT2D eigenvalue weighted by Gasteiger charge is 2.31. The normalized spacial score (nSPS) is 14.1. The molecule has 0 heterocycles. The summed E-state index contributed by atoms with van der Waals surface area (Å²) in [5.74, 6) is -5.93. The number of carboxylic acids is 1. The van der Waals surface area contributed by atoms with Gasteiger partial charge in [0.25, 0.3) is 0 Å².